The molecule has 0 aliphatic carbocycles. The normalized spacial score (nSPS) is 8.62. The molecule has 0 N–H and O–H groups in total. The Morgan fingerprint density at radius 3 is 2.00 bits per heavy atom. The average molecular weight is 201 g/mol. The van der Waals surface area contributed by atoms with Gasteiger partial charge in [-0.05, 0) is 22.8 Å². The van der Waals surface area contributed by atoms with Gasteiger partial charge in [0.2, 0.25) is 0 Å². The summed E-state index contributed by atoms with van der Waals surface area (Å²) in [5.74, 6) is 0. The number of hydrogen-bond donors (Lipinski definition) is 0. The van der Waals surface area contributed by atoms with Crippen LogP contribution < -0.4 is 0 Å². The largest absolute Gasteiger partial charge is 0.243 e. The predicted octanol–water partition coefficient (Wildman–Crippen LogP) is 3.34. The maximum atomic E-state index is 5.60. The zero-order chi connectivity index (χ0) is 10.4. The molecule has 1 heterocycles. The Morgan fingerprint density at radius 1 is 1.23 bits per heavy atom. The van der Waals surface area contributed by atoms with Crippen molar-refractivity contribution < 1.29 is 4.63 Å². The van der Waals surface area contributed by atoms with Crippen LogP contribution in [0.15, 0.2) is 17.8 Å². The summed E-state index contributed by atoms with van der Waals surface area (Å²) >= 11 is 5.60. The van der Waals surface area contributed by atoms with Gasteiger partial charge in [0.15, 0.2) is 5.69 Å². The maximum absolute atomic E-state index is 5.60. The Labute approximate surface area is 83.1 Å². The van der Waals surface area contributed by atoms with E-state index in [1.54, 1.807) is 6.92 Å². The summed E-state index contributed by atoms with van der Waals surface area (Å²) in [7, 11) is 0. The van der Waals surface area contributed by atoms with Gasteiger partial charge in [-0.15, -0.1) is 0 Å². The van der Waals surface area contributed by atoms with E-state index in [1.807, 2.05) is 13.8 Å². The summed E-state index contributed by atoms with van der Waals surface area (Å²) in [6, 6.07) is 0. The third-order valence-electron chi connectivity index (χ3n) is 1.15. The molecule has 1 rings (SSSR count). The Bertz CT molecular complexity index is 276. The van der Waals surface area contributed by atoms with Crippen molar-refractivity contribution in [2.24, 2.45) is 0 Å². The number of rotatable bonds is 2. The fourth-order valence-corrected chi connectivity index (χ4v) is 0.771. The van der Waals surface area contributed by atoms with E-state index in [0.717, 1.165) is 5.57 Å². The Morgan fingerprint density at radius 2 is 1.69 bits per heavy atom. The van der Waals surface area contributed by atoms with Gasteiger partial charge in [-0.25, -0.2) is 4.63 Å². The number of hydrogen-bond acceptors (Lipinski definition) is 3. The van der Waals surface area contributed by atoms with Crippen LogP contribution in [0.25, 0.3) is 10.6 Å². The summed E-state index contributed by atoms with van der Waals surface area (Å²) < 4.78 is 4.46. The van der Waals surface area contributed by atoms with Crippen LogP contribution in [-0.2, 0) is 0 Å². The minimum Gasteiger partial charge on any atom is -0.243 e. The highest BCUT2D eigenvalue weighted by molar-refractivity contribution is 6.48. The minimum absolute atomic E-state index is 0.309. The molecule has 0 fully saturated rings. The molecule has 0 saturated heterocycles. The molecule has 0 atom stereocenters. The van der Waals surface area contributed by atoms with Crippen molar-refractivity contribution in [2.75, 3.05) is 0 Å². The molecular weight excluding hydrogens is 188 g/mol. The Hall–Kier alpha value is -1.09. The predicted molar refractivity (Wildman–Crippen MR) is 55.2 cm³/mol. The average Bonchev–Trinajstić information content (AvgIpc) is 2.55. The molecule has 0 saturated carbocycles. The molecule has 0 radical (unpaired) electrons. The Balaban J connectivity index is 0.000000671. The quantitative estimate of drug-likeness (QED) is 0.735. The SMILES string of the molecule is C=C(C)c1nonc1C(=C)Cl.CC. The molecule has 4 heteroatoms. The summed E-state index contributed by atoms with van der Waals surface area (Å²) in [6.45, 7) is 13.0. The fourth-order valence-electron chi connectivity index (χ4n) is 0.647. The summed E-state index contributed by atoms with van der Waals surface area (Å²) in [5.41, 5.74) is 1.77. The summed E-state index contributed by atoms with van der Waals surface area (Å²) in [4.78, 5) is 0. The van der Waals surface area contributed by atoms with Crippen LogP contribution in [0.2, 0.25) is 0 Å². The molecule has 0 aromatic carbocycles. The molecule has 72 valence electrons. The van der Waals surface area contributed by atoms with Gasteiger partial charge < -0.3 is 0 Å². The second-order valence-corrected chi connectivity index (χ2v) is 2.60. The van der Waals surface area contributed by atoms with E-state index in [1.165, 1.54) is 0 Å². The monoisotopic (exact) mass is 200 g/mol. The first-order chi connectivity index (χ1) is 6.13. The zero-order valence-corrected chi connectivity index (χ0v) is 8.85. The third kappa shape index (κ3) is 3.03. The standard InChI is InChI=1S/C7H7ClN2O.C2H6/c1-4(2)6-7(5(3)8)10-11-9-6;1-2/h1,3H2,2H3;1-2H3. The minimum atomic E-state index is 0.309. The lowest BCUT2D eigenvalue weighted by Gasteiger charge is -1.92. The molecule has 3 nitrogen and oxygen atoms in total. The lowest BCUT2D eigenvalue weighted by atomic mass is 10.2. The number of halogens is 1. The summed E-state index contributed by atoms with van der Waals surface area (Å²) in [5, 5.41) is 7.47. The highest BCUT2D eigenvalue weighted by Crippen LogP contribution is 2.21. The van der Waals surface area contributed by atoms with E-state index in [2.05, 4.69) is 28.1 Å². The van der Waals surface area contributed by atoms with E-state index in [9.17, 15) is 0 Å². The lowest BCUT2D eigenvalue weighted by Crippen LogP contribution is -1.84. The van der Waals surface area contributed by atoms with Crippen molar-refractivity contribution in [1.29, 1.82) is 0 Å². The van der Waals surface area contributed by atoms with Gasteiger partial charge in [0.05, 0.1) is 5.03 Å². The molecular formula is C9H13ClN2O. The number of allylic oxidation sites excluding steroid dienone is 1. The van der Waals surface area contributed by atoms with Crippen molar-refractivity contribution in [1.82, 2.24) is 10.3 Å². The first-order valence-corrected chi connectivity index (χ1v) is 4.34. The van der Waals surface area contributed by atoms with Gasteiger partial charge in [0.1, 0.15) is 5.69 Å². The first-order valence-electron chi connectivity index (χ1n) is 3.96. The van der Waals surface area contributed by atoms with Crippen LogP contribution >= 0.6 is 11.6 Å². The van der Waals surface area contributed by atoms with Gasteiger partial charge in [0.25, 0.3) is 0 Å². The molecule has 13 heavy (non-hydrogen) atoms. The molecule has 0 amide bonds. The smallest absolute Gasteiger partial charge is 0.153 e. The van der Waals surface area contributed by atoms with Crippen molar-refractivity contribution in [3.8, 4) is 0 Å². The third-order valence-corrected chi connectivity index (χ3v) is 1.33. The van der Waals surface area contributed by atoms with Crippen LogP contribution in [0.3, 0.4) is 0 Å². The molecule has 0 spiro atoms. The first kappa shape index (κ1) is 11.9. The van der Waals surface area contributed by atoms with Crippen molar-refractivity contribution in [2.45, 2.75) is 20.8 Å². The van der Waals surface area contributed by atoms with E-state index >= 15 is 0 Å². The lowest BCUT2D eigenvalue weighted by molar-refractivity contribution is 0.305. The van der Waals surface area contributed by atoms with E-state index in [0.29, 0.717) is 16.4 Å². The molecule has 1 aromatic rings. The van der Waals surface area contributed by atoms with Crippen molar-refractivity contribution in [3.63, 3.8) is 0 Å². The van der Waals surface area contributed by atoms with Crippen LogP contribution in [0.4, 0.5) is 0 Å². The van der Waals surface area contributed by atoms with Crippen LogP contribution in [0, 0.1) is 0 Å². The van der Waals surface area contributed by atoms with Gasteiger partial charge >= 0.3 is 0 Å². The number of aromatic nitrogens is 2. The number of nitrogens with zero attached hydrogens (tertiary/aromatic N) is 2. The topological polar surface area (TPSA) is 38.9 Å². The second kappa shape index (κ2) is 5.54. The van der Waals surface area contributed by atoms with Gasteiger partial charge in [-0.3, -0.25) is 0 Å². The van der Waals surface area contributed by atoms with Crippen molar-refractivity contribution in [3.05, 3.63) is 24.5 Å². The van der Waals surface area contributed by atoms with Gasteiger partial charge in [-0.1, -0.05) is 38.6 Å². The molecule has 0 bridgehead atoms. The Kier molecular flexibility index (Phi) is 5.07. The van der Waals surface area contributed by atoms with E-state index in [-0.39, 0.29) is 0 Å². The highest BCUT2D eigenvalue weighted by atomic mass is 35.5. The van der Waals surface area contributed by atoms with Crippen LogP contribution in [0.1, 0.15) is 32.2 Å². The fraction of sp³-hybridized carbons (Fsp3) is 0.333. The van der Waals surface area contributed by atoms with E-state index < -0.39 is 0 Å². The van der Waals surface area contributed by atoms with Crippen LogP contribution in [-0.4, -0.2) is 10.3 Å². The zero-order valence-electron chi connectivity index (χ0n) is 8.09. The second-order valence-electron chi connectivity index (χ2n) is 2.15. The van der Waals surface area contributed by atoms with E-state index in [4.69, 9.17) is 11.6 Å². The molecule has 0 aliphatic heterocycles. The summed E-state index contributed by atoms with van der Waals surface area (Å²) in [6.07, 6.45) is 0. The van der Waals surface area contributed by atoms with Crippen molar-refractivity contribution >= 4 is 22.2 Å². The van der Waals surface area contributed by atoms with Gasteiger partial charge in [0, 0.05) is 0 Å². The van der Waals surface area contributed by atoms with Crippen LogP contribution in [0.5, 0.6) is 0 Å². The maximum Gasteiger partial charge on any atom is 0.153 e. The molecule has 0 unspecified atom stereocenters. The van der Waals surface area contributed by atoms with Gasteiger partial charge in [-0.2, -0.15) is 0 Å². The molecule has 0 aliphatic rings. The highest BCUT2D eigenvalue weighted by Gasteiger charge is 2.11. The molecule has 1 aromatic heterocycles.